The minimum absolute atomic E-state index is 0.135. The lowest BCUT2D eigenvalue weighted by molar-refractivity contribution is -0.122. The summed E-state index contributed by atoms with van der Waals surface area (Å²) in [4.78, 5) is 18.5. The Morgan fingerprint density at radius 3 is 3.16 bits per heavy atom. The summed E-state index contributed by atoms with van der Waals surface area (Å²) in [5, 5.41) is 4.66. The van der Waals surface area contributed by atoms with Crippen molar-refractivity contribution in [2.75, 3.05) is 24.5 Å². The highest BCUT2D eigenvalue weighted by atomic mass is 35.5. The van der Waals surface area contributed by atoms with Gasteiger partial charge in [0.2, 0.25) is 5.91 Å². The van der Waals surface area contributed by atoms with Crippen LogP contribution in [0.4, 0.5) is 5.13 Å². The molecule has 0 unspecified atom stereocenters. The van der Waals surface area contributed by atoms with E-state index in [1.807, 2.05) is 18.2 Å². The highest BCUT2D eigenvalue weighted by Gasteiger charge is 2.42. The largest absolute Gasteiger partial charge is 0.355 e. The smallest absolute Gasteiger partial charge is 0.225 e. The molecule has 19 heavy (non-hydrogen) atoms. The Labute approximate surface area is 119 Å². The first kappa shape index (κ1) is 11.5. The van der Waals surface area contributed by atoms with E-state index in [1.165, 1.54) is 0 Å². The summed E-state index contributed by atoms with van der Waals surface area (Å²) in [6.45, 7) is 2.50. The van der Waals surface area contributed by atoms with Crippen molar-refractivity contribution < 1.29 is 4.79 Å². The molecule has 0 saturated carbocycles. The van der Waals surface area contributed by atoms with Crippen LogP contribution in [0.25, 0.3) is 10.2 Å². The highest BCUT2D eigenvalue weighted by Crippen LogP contribution is 2.36. The Morgan fingerprint density at radius 1 is 1.42 bits per heavy atom. The summed E-state index contributed by atoms with van der Waals surface area (Å²) in [5.41, 5.74) is 0.978. The van der Waals surface area contributed by atoms with E-state index in [0.29, 0.717) is 5.92 Å². The molecule has 98 valence electrons. The van der Waals surface area contributed by atoms with E-state index in [4.69, 9.17) is 11.6 Å². The van der Waals surface area contributed by atoms with E-state index >= 15 is 0 Å². The molecule has 2 aliphatic rings. The summed E-state index contributed by atoms with van der Waals surface area (Å²) in [5.74, 6) is 0.760. The number of aromatic nitrogens is 1. The molecule has 1 aromatic carbocycles. The number of fused-ring (bicyclic) bond motifs is 2. The van der Waals surface area contributed by atoms with E-state index in [9.17, 15) is 4.79 Å². The molecular formula is C13H12ClN3OS. The zero-order valence-corrected chi connectivity index (χ0v) is 11.7. The third-order valence-electron chi connectivity index (χ3n) is 3.93. The number of nitrogens with one attached hydrogen (secondary N) is 1. The second-order valence-electron chi connectivity index (χ2n) is 5.13. The van der Waals surface area contributed by atoms with Gasteiger partial charge in [-0.05, 0) is 18.2 Å². The number of amides is 1. The first-order chi connectivity index (χ1) is 9.20. The molecule has 4 rings (SSSR count). The van der Waals surface area contributed by atoms with Crippen molar-refractivity contribution in [1.29, 1.82) is 0 Å². The van der Waals surface area contributed by atoms with Crippen LogP contribution in [0.2, 0.25) is 5.02 Å². The standard InChI is InChI=1S/C13H12ClN3OS/c14-8-1-2-10-11(3-8)19-13(16-10)17-5-7-4-15-12(18)9(7)6-17/h1-3,7,9H,4-6H2,(H,15,18)/t7-,9+/m0/s1. The third kappa shape index (κ3) is 1.80. The number of carbonyl (C=O) groups is 1. The molecule has 0 spiro atoms. The van der Waals surface area contributed by atoms with Crippen molar-refractivity contribution in [1.82, 2.24) is 10.3 Å². The van der Waals surface area contributed by atoms with E-state index < -0.39 is 0 Å². The fourth-order valence-electron chi connectivity index (χ4n) is 2.92. The van der Waals surface area contributed by atoms with Gasteiger partial charge in [-0.25, -0.2) is 4.98 Å². The van der Waals surface area contributed by atoms with Crippen LogP contribution in [0, 0.1) is 11.8 Å². The molecule has 1 amide bonds. The van der Waals surface area contributed by atoms with Crippen LogP contribution in [-0.4, -0.2) is 30.5 Å². The van der Waals surface area contributed by atoms with Gasteiger partial charge in [-0.1, -0.05) is 22.9 Å². The molecule has 1 N–H and O–H groups in total. The third-order valence-corrected chi connectivity index (χ3v) is 5.24. The number of halogens is 1. The van der Waals surface area contributed by atoms with Crippen LogP contribution < -0.4 is 10.2 Å². The molecule has 3 heterocycles. The molecule has 4 nitrogen and oxygen atoms in total. The first-order valence-corrected chi connectivity index (χ1v) is 7.49. The van der Waals surface area contributed by atoms with Crippen molar-refractivity contribution >= 4 is 44.2 Å². The van der Waals surface area contributed by atoms with Crippen LogP contribution in [-0.2, 0) is 4.79 Å². The molecule has 2 fully saturated rings. The Morgan fingerprint density at radius 2 is 2.32 bits per heavy atom. The molecular weight excluding hydrogens is 282 g/mol. The summed E-state index contributed by atoms with van der Waals surface area (Å²) in [7, 11) is 0. The minimum Gasteiger partial charge on any atom is -0.355 e. The van der Waals surface area contributed by atoms with Crippen molar-refractivity contribution in [2.24, 2.45) is 11.8 Å². The number of thiazole rings is 1. The summed E-state index contributed by atoms with van der Waals surface area (Å²) >= 11 is 7.64. The van der Waals surface area contributed by atoms with E-state index in [1.54, 1.807) is 11.3 Å². The maximum Gasteiger partial charge on any atom is 0.225 e. The average molecular weight is 294 g/mol. The summed E-state index contributed by atoms with van der Waals surface area (Å²) < 4.78 is 1.10. The highest BCUT2D eigenvalue weighted by molar-refractivity contribution is 7.22. The van der Waals surface area contributed by atoms with Gasteiger partial charge in [0.05, 0.1) is 16.1 Å². The second-order valence-corrected chi connectivity index (χ2v) is 6.57. The van der Waals surface area contributed by atoms with Gasteiger partial charge in [0.15, 0.2) is 5.13 Å². The fourth-order valence-corrected chi connectivity index (χ4v) is 4.18. The quantitative estimate of drug-likeness (QED) is 0.876. The second kappa shape index (κ2) is 4.08. The normalized spacial score (nSPS) is 25.9. The Bertz CT molecular complexity index is 671. The number of anilines is 1. The number of rotatable bonds is 1. The fraction of sp³-hybridized carbons (Fsp3) is 0.385. The van der Waals surface area contributed by atoms with Gasteiger partial charge in [-0.15, -0.1) is 0 Å². The molecule has 6 heteroatoms. The maximum atomic E-state index is 11.7. The van der Waals surface area contributed by atoms with Gasteiger partial charge in [-0.2, -0.15) is 0 Å². The number of carbonyl (C=O) groups excluding carboxylic acids is 1. The zero-order valence-electron chi connectivity index (χ0n) is 10.1. The van der Waals surface area contributed by atoms with E-state index in [0.717, 1.165) is 40.0 Å². The first-order valence-electron chi connectivity index (χ1n) is 6.29. The summed E-state index contributed by atoms with van der Waals surface area (Å²) in [6.07, 6.45) is 0. The lowest BCUT2D eigenvalue weighted by Gasteiger charge is -2.15. The monoisotopic (exact) mass is 293 g/mol. The van der Waals surface area contributed by atoms with Crippen LogP contribution in [0.1, 0.15) is 0 Å². The van der Waals surface area contributed by atoms with Crippen molar-refractivity contribution in [3.63, 3.8) is 0 Å². The number of nitrogens with zero attached hydrogens (tertiary/aromatic N) is 2. The number of hydrogen-bond donors (Lipinski definition) is 1. The Kier molecular flexibility index (Phi) is 2.47. The number of benzene rings is 1. The van der Waals surface area contributed by atoms with Gasteiger partial charge >= 0.3 is 0 Å². The lowest BCUT2D eigenvalue weighted by atomic mass is 10.0. The van der Waals surface area contributed by atoms with Crippen LogP contribution in [0.3, 0.4) is 0 Å². The molecule has 0 aliphatic carbocycles. The van der Waals surface area contributed by atoms with Crippen LogP contribution >= 0.6 is 22.9 Å². The SMILES string of the molecule is O=C1NC[C@H]2CN(c3nc4ccc(Cl)cc4s3)C[C@@H]12. The average Bonchev–Trinajstić information content (AvgIpc) is 3.04. The van der Waals surface area contributed by atoms with Crippen molar-refractivity contribution in [2.45, 2.75) is 0 Å². The Balaban J connectivity index is 1.66. The molecule has 2 saturated heterocycles. The molecule has 0 radical (unpaired) electrons. The molecule has 2 aliphatic heterocycles. The van der Waals surface area contributed by atoms with Gasteiger partial charge in [0, 0.05) is 30.6 Å². The van der Waals surface area contributed by atoms with E-state index in [2.05, 4.69) is 15.2 Å². The zero-order chi connectivity index (χ0) is 13.0. The summed E-state index contributed by atoms with van der Waals surface area (Å²) in [6, 6.07) is 5.75. The Hall–Kier alpha value is -1.33. The van der Waals surface area contributed by atoms with Gasteiger partial charge in [0.25, 0.3) is 0 Å². The topological polar surface area (TPSA) is 45.2 Å². The molecule has 2 aromatic rings. The van der Waals surface area contributed by atoms with Crippen molar-refractivity contribution in [3.05, 3.63) is 23.2 Å². The van der Waals surface area contributed by atoms with Gasteiger partial charge in [-0.3, -0.25) is 4.79 Å². The van der Waals surface area contributed by atoms with Gasteiger partial charge in [0.1, 0.15) is 0 Å². The molecule has 2 atom stereocenters. The minimum atomic E-state index is 0.135. The predicted octanol–water partition coefficient (Wildman–Crippen LogP) is 2.13. The molecule has 0 bridgehead atoms. The van der Waals surface area contributed by atoms with Crippen LogP contribution in [0.5, 0.6) is 0 Å². The predicted molar refractivity (Wildman–Crippen MR) is 76.8 cm³/mol. The van der Waals surface area contributed by atoms with E-state index in [-0.39, 0.29) is 11.8 Å². The lowest BCUT2D eigenvalue weighted by Crippen LogP contribution is -2.28. The van der Waals surface area contributed by atoms with Gasteiger partial charge < -0.3 is 10.2 Å². The molecule has 1 aromatic heterocycles. The van der Waals surface area contributed by atoms with Crippen molar-refractivity contribution in [3.8, 4) is 0 Å². The maximum absolute atomic E-state index is 11.7. The van der Waals surface area contributed by atoms with Crippen LogP contribution in [0.15, 0.2) is 18.2 Å². The number of hydrogen-bond acceptors (Lipinski definition) is 4.